The molecule has 1 unspecified atom stereocenters. The number of benzene rings is 1. The zero-order valence-electron chi connectivity index (χ0n) is 10.2. The van der Waals surface area contributed by atoms with E-state index in [0.717, 1.165) is 0 Å². The number of hydrogen-bond donors (Lipinski definition) is 2. The second-order valence-electron chi connectivity index (χ2n) is 3.92. The molecule has 1 aromatic rings. The third-order valence-electron chi connectivity index (χ3n) is 2.26. The summed E-state index contributed by atoms with van der Waals surface area (Å²) < 4.78 is 5.56. The number of rotatable bonds is 6. The van der Waals surface area contributed by atoms with Crippen LogP contribution in [0, 0.1) is 0 Å². The molecule has 0 saturated carbocycles. The molecule has 0 spiro atoms. The summed E-state index contributed by atoms with van der Waals surface area (Å²) in [6.07, 6.45) is -0.482. The SMILES string of the molecule is CCC(Oc1ccccc1)C(=O)NC[C@@H](C)O. The predicted molar refractivity (Wildman–Crippen MR) is 65.8 cm³/mol. The van der Waals surface area contributed by atoms with Crippen molar-refractivity contribution in [3.8, 4) is 5.75 Å². The van der Waals surface area contributed by atoms with Crippen molar-refractivity contribution in [2.45, 2.75) is 32.5 Å². The van der Waals surface area contributed by atoms with Crippen molar-refractivity contribution in [1.82, 2.24) is 5.32 Å². The molecule has 1 aromatic carbocycles. The Morgan fingerprint density at radius 2 is 2.06 bits per heavy atom. The quantitative estimate of drug-likeness (QED) is 0.785. The van der Waals surface area contributed by atoms with Gasteiger partial charge in [0.2, 0.25) is 0 Å². The minimum absolute atomic E-state index is 0.197. The summed E-state index contributed by atoms with van der Waals surface area (Å²) in [6.45, 7) is 3.75. The largest absolute Gasteiger partial charge is 0.481 e. The molecule has 0 bridgehead atoms. The number of nitrogens with one attached hydrogen (secondary N) is 1. The number of aliphatic hydroxyl groups is 1. The molecule has 1 rings (SSSR count). The van der Waals surface area contributed by atoms with E-state index >= 15 is 0 Å². The van der Waals surface area contributed by atoms with Crippen LogP contribution in [0.25, 0.3) is 0 Å². The lowest BCUT2D eigenvalue weighted by Gasteiger charge is -2.17. The smallest absolute Gasteiger partial charge is 0.261 e. The Bertz CT molecular complexity index is 338. The predicted octanol–water partition coefficient (Wildman–Crippen LogP) is 1.34. The van der Waals surface area contributed by atoms with Crippen molar-refractivity contribution in [2.24, 2.45) is 0 Å². The van der Waals surface area contributed by atoms with Gasteiger partial charge in [0.15, 0.2) is 6.10 Å². The van der Waals surface area contributed by atoms with Crippen molar-refractivity contribution in [1.29, 1.82) is 0 Å². The highest BCUT2D eigenvalue weighted by molar-refractivity contribution is 5.81. The number of hydrogen-bond acceptors (Lipinski definition) is 3. The highest BCUT2D eigenvalue weighted by Crippen LogP contribution is 2.12. The zero-order valence-corrected chi connectivity index (χ0v) is 10.2. The Kier molecular flexibility index (Phi) is 5.49. The van der Waals surface area contributed by atoms with Crippen LogP contribution in [0.5, 0.6) is 5.75 Å². The summed E-state index contributed by atoms with van der Waals surface area (Å²) in [5.74, 6) is 0.476. The first-order chi connectivity index (χ1) is 8.13. The van der Waals surface area contributed by atoms with E-state index in [-0.39, 0.29) is 12.5 Å². The van der Waals surface area contributed by atoms with Crippen LogP contribution in [0.15, 0.2) is 30.3 Å². The van der Waals surface area contributed by atoms with Gasteiger partial charge in [0.1, 0.15) is 5.75 Å². The van der Waals surface area contributed by atoms with E-state index < -0.39 is 12.2 Å². The molecule has 94 valence electrons. The van der Waals surface area contributed by atoms with Gasteiger partial charge in [-0.05, 0) is 25.5 Å². The van der Waals surface area contributed by atoms with Gasteiger partial charge in [-0.15, -0.1) is 0 Å². The van der Waals surface area contributed by atoms with Crippen LogP contribution in [0.3, 0.4) is 0 Å². The molecular formula is C13H19NO3. The zero-order chi connectivity index (χ0) is 12.7. The lowest BCUT2D eigenvalue weighted by Crippen LogP contribution is -2.40. The molecule has 4 heteroatoms. The lowest BCUT2D eigenvalue weighted by atomic mass is 10.2. The van der Waals surface area contributed by atoms with Crippen molar-refractivity contribution < 1.29 is 14.6 Å². The Morgan fingerprint density at radius 1 is 1.41 bits per heavy atom. The van der Waals surface area contributed by atoms with Gasteiger partial charge in [-0.1, -0.05) is 25.1 Å². The Hall–Kier alpha value is -1.55. The summed E-state index contributed by atoms with van der Waals surface area (Å²) >= 11 is 0. The number of para-hydroxylation sites is 1. The van der Waals surface area contributed by atoms with Crippen LogP contribution in [-0.4, -0.2) is 29.8 Å². The molecule has 0 radical (unpaired) electrons. The molecule has 0 aliphatic rings. The standard InChI is InChI=1S/C13H19NO3/c1-3-12(13(16)14-9-10(2)15)17-11-7-5-4-6-8-11/h4-8,10,12,15H,3,9H2,1-2H3,(H,14,16)/t10-,12?/m1/s1. The molecule has 0 aromatic heterocycles. The lowest BCUT2D eigenvalue weighted by molar-refractivity contribution is -0.128. The monoisotopic (exact) mass is 237 g/mol. The van der Waals surface area contributed by atoms with Crippen molar-refractivity contribution in [2.75, 3.05) is 6.54 Å². The number of amides is 1. The molecule has 4 nitrogen and oxygen atoms in total. The number of carbonyl (C=O) groups is 1. The Labute approximate surface area is 102 Å². The fourth-order valence-electron chi connectivity index (χ4n) is 1.35. The van der Waals surface area contributed by atoms with Crippen molar-refractivity contribution in [3.05, 3.63) is 30.3 Å². The molecule has 1 amide bonds. The molecule has 0 fully saturated rings. The van der Waals surface area contributed by atoms with Gasteiger partial charge in [-0.25, -0.2) is 0 Å². The Morgan fingerprint density at radius 3 is 2.59 bits per heavy atom. The second kappa shape index (κ2) is 6.91. The number of ether oxygens (including phenoxy) is 1. The maximum Gasteiger partial charge on any atom is 0.261 e. The van der Waals surface area contributed by atoms with Crippen LogP contribution in [0.4, 0.5) is 0 Å². The maximum atomic E-state index is 11.7. The van der Waals surface area contributed by atoms with E-state index in [0.29, 0.717) is 12.2 Å². The van der Waals surface area contributed by atoms with Crippen LogP contribution < -0.4 is 10.1 Å². The summed E-state index contributed by atoms with van der Waals surface area (Å²) in [5, 5.41) is 11.7. The molecule has 0 saturated heterocycles. The van der Waals surface area contributed by atoms with Gasteiger partial charge in [-0.2, -0.15) is 0 Å². The molecule has 0 aliphatic heterocycles. The normalized spacial score (nSPS) is 13.8. The number of carbonyl (C=O) groups excluding carboxylic acids is 1. The minimum atomic E-state index is -0.548. The molecular weight excluding hydrogens is 218 g/mol. The molecule has 0 heterocycles. The van der Waals surface area contributed by atoms with E-state index in [1.165, 1.54) is 0 Å². The van der Waals surface area contributed by atoms with Gasteiger partial charge >= 0.3 is 0 Å². The summed E-state index contributed by atoms with van der Waals surface area (Å²) in [6, 6.07) is 9.22. The summed E-state index contributed by atoms with van der Waals surface area (Å²) in [5.41, 5.74) is 0. The van der Waals surface area contributed by atoms with E-state index in [2.05, 4.69) is 5.32 Å². The van der Waals surface area contributed by atoms with Crippen LogP contribution >= 0.6 is 0 Å². The van der Waals surface area contributed by atoms with Crippen molar-refractivity contribution >= 4 is 5.91 Å². The molecule has 0 aliphatic carbocycles. The molecule has 2 atom stereocenters. The van der Waals surface area contributed by atoms with Gasteiger partial charge < -0.3 is 15.2 Å². The number of aliphatic hydroxyl groups excluding tert-OH is 1. The first-order valence-corrected chi connectivity index (χ1v) is 5.81. The highest BCUT2D eigenvalue weighted by Gasteiger charge is 2.18. The first-order valence-electron chi connectivity index (χ1n) is 5.81. The van der Waals surface area contributed by atoms with E-state index in [9.17, 15) is 4.79 Å². The average molecular weight is 237 g/mol. The fraction of sp³-hybridized carbons (Fsp3) is 0.462. The third kappa shape index (κ3) is 4.87. The van der Waals surface area contributed by atoms with E-state index in [4.69, 9.17) is 9.84 Å². The van der Waals surface area contributed by atoms with Gasteiger partial charge in [0, 0.05) is 6.54 Å². The van der Waals surface area contributed by atoms with Crippen LogP contribution in [-0.2, 0) is 4.79 Å². The maximum absolute atomic E-state index is 11.7. The van der Waals surface area contributed by atoms with Gasteiger partial charge in [0.05, 0.1) is 6.10 Å². The second-order valence-corrected chi connectivity index (χ2v) is 3.92. The van der Waals surface area contributed by atoms with Gasteiger partial charge in [-0.3, -0.25) is 4.79 Å². The first kappa shape index (κ1) is 13.5. The summed E-state index contributed by atoms with van der Waals surface area (Å²) in [4.78, 5) is 11.7. The third-order valence-corrected chi connectivity index (χ3v) is 2.26. The average Bonchev–Trinajstić information content (AvgIpc) is 2.34. The van der Waals surface area contributed by atoms with Gasteiger partial charge in [0.25, 0.3) is 5.91 Å². The van der Waals surface area contributed by atoms with Crippen LogP contribution in [0.1, 0.15) is 20.3 Å². The molecule has 2 N–H and O–H groups in total. The minimum Gasteiger partial charge on any atom is -0.481 e. The summed E-state index contributed by atoms with van der Waals surface area (Å²) in [7, 11) is 0. The van der Waals surface area contributed by atoms with E-state index in [1.54, 1.807) is 6.92 Å². The topological polar surface area (TPSA) is 58.6 Å². The van der Waals surface area contributed by atoms with Crippen molar-refractivity contribution in [3.63, 3.8) is 0 Å². The van der Waals surface area contributed by atoms with E-state index in [1.807, 2.05) is 37.3 Å². The highest BCUT2D eigenvalue weighted by atomic mass is 16.5. The molecule has 17 heavy (non-hydrogen) atoms. The fourth-order valence-corrected chi connectivity index (χ4v) is 1.35. The van der Waals surface area contributed by atoms with Crippen LogP contribution in [0.2, 0.25) is 0 Å². The Balaban J connectivity index is 2.51.